The Kier molecular flexibility index (Phi) is 5.19. The smallest absolute Gasteiger partial charge is 0.0340 e. The number of hydrogen-bond acceptors (Lipinski definition) is 2. The van der Waals surface area contributed by atoms with Crippen molar-refractivity contribution in [1.29, 1.82) is 0 Å². The van der Waals surface area contributed by atoms with Crippen LogP contribution in [0.4, 0.5) is 5.69 Å². The van der Waals surface area contributed by atoms with E-state index in [9.17, 15) is 0 Å². The summed E-state index contributed by atoms with van der Waals surface area (Å²) in [6, 6.07) is 10.3. The molecule has 0 aromatic heterocycles. The molecular formula is C13H22N2. The molecule has 0 aliphatic carbocycles. The van der Waals surface area contributed by atoms with Crippen LogP contribution in [-0.2, 0) is 0 Å². The van der Waals surface area contributed by atoms with E-state index in [1.54, 1.807) is 0 Å². The summed E-state index contributed by atoms with van der Waals surface area (Å²) >= 11 is 0. The predicted molar refractivity (Wildman–Crippen MR) is 66.9 cm³/mol. The van der Waals surface area contributed by atoms with Crippen molar-refractivity contribution in [2.45, 2.75) is 20.3 Å². The lowest BCUT2D eigenvalue weighted by atomic mass is 9.97. The van der Waals surface area contributed by atoms with Crippen molar-refractivity contribution in [2.75, 3.05) is 18.4 Å². The monoisotopic (exact) mass is 206 g/mol. The maximum absolute atomic E-state index is 5.75. The highest BCUT2D eigenvalue weighted by Gasteiger charge is 2.08. The van der Waals surface area contributed by atoms with Crippen LogP contribution in [-0.4, -0.2) is 13.1 Å². The Morgan fingerprint density at radius 3 is 2.40 bits per heavy atom. The van der Waals surface area contributed by atoms with E-state index >= 15 is 0 Å². The van der Waals surface area contributed by atoms with E-state index in [0.717, 1.165) is 19.0 Å². The molecule has 1 aromatic carbocycles. The van der Waals surface area contributed by atoms with Crippen molar-refractivity contribution in [3.8, 4) is 0 Å². The van der Waals surface area contributed by atoms with Gasteiger partial charge in [0, 0.05) is 12.2 Å². The van der Waals surface area contributed by atoms with Crippen LogP contribution in [0.15, 0.2) is 30.3 Å². The number of anilines is 1. The maximum Gasteiger partial charge on any atom is 0.0340 e. The lowest BCUT2D eigenvalue weighted by Crippen LogP contribution is -2.24. The minimum atomic E-state index is 0.574. The standard InChI is InChI=1S/C13H22N2/c1-11(2)8-12(9-14)10-15-13-6-4-3-5-7-13/h3-7,11-12,15H,8-10,14H2,1-2H3. The molecule has 2 heteroatoms. The normalized spacial score (nSPS) is 12.8. The SMILES string of the molecule is CC(C)CC(CN)CNc1ccccc1. The van der Waals surface area contributed by atoms with Crippen LogP contribution < -0.4 is 11.1 Å². The van der Waals surface area contributed by atoms with Crippen LogP contribution in [0.3, 0.4) is 0 Å². The Balaban J connectivity index is 2.34. The first-order valence-corrected chi connectivity index (χ1v) is 5.71. The lowest BCUT2D eigenvalue weighted by molar-refractivity contribution is 0.433. The summed E-state index contributed by atoms with van der Waals surface area (Å²) in [5.41, 5.74) is 6.93. The van der Waals surface area contributed by atoms with Crippen LogP contribution in [0.25, 0.3) is 0 Å². The second kappa shape index (κ2) is 6.46. The van der Waals surface area contributed by atoms with Gasteiger partial charge in [0.15, 0.2) is 0 Å². The minimum absolute atomic E-state index is 0.574. The molecule has 0 fully saturated rings. The van der Waals surface area contributed by atoms with Crippen LogP contribution in [0, 0.1) is 11.8 Å². The molecule has 0 radical (unpaired) electrons. The molecule has 1 unspecified atom stereocenters. The molecule has 1 aromatic rings. The number of para-hydroxylation sites is 1. The minimum Gasteiger partial charge on any atom is -0.385 e. The summed E-state index contributed by atoms with van der Waals surface area (Å²) in [7, 11) is 0. The molecule has 0 saturated carbocycles. The number of nitrogens with one attached hydrogen (secondary N) is 1. The summed E-state index contributed by atoms with van der Waals surface area (Å²) in [4.78, 5) is 0. The number of hydrogen-bond donors (Lipinski definition) is 2. The van der Waals surface area contributed by atoms with Crippen molar-refractivity contribution in [1.82, 2.24) is 0 Å². The molecule has 0 heterocycles. The van der Waals surface area contributed by atoms with Crippen LogP contribution in [0.2, 0.25) is 0 Å². The van der Waals surface area contributed by atoms with Crippen LogP contribution in [0.5, 0.6) is 0 Å². The molecule has 3 N–H and O–H groups in total. The highest BCUT2D eigenvalue weighted by Crippen LogP contribution is 2.12. The lowest BCUT2D eigenvalue weighted by Gasteiger charge is -2.18. The zero-order valence-electron chi connectivity index (χ0n) is 9.74. The van der Waals surface area contributed by atoms with Gasteiger partial charge in [-0.15, -0.1) is 0 Å². The second-order valence-corrected chi connectivity index (χ2v) is 4.48. The van der Waals surface area contributed by atoms with E-state index in [1.165, 1.54) is 12.1 Å². The Morgan fingerprint density at radius 2 is 1.87 bits per heavy atom. The predicted octanol–water partition coefficient (Wildman–Crippen LogP) is 2.72. The Morgan fingerprint density at radius 1 is 1.20 bits per heavy atom. The van der Waals surface area contributed by atoms with Gasteiger partial charge in [-0.05, 0) is 36.9 Å². The third kappa shape index (κ3) is 4.84. The molecule has 0 saturated heterocycles. The van der Waals surface area contributed by atoms with Gasteiger partial charge in [-0.1, -0.05) is 32.0 Å². The fourth-order valence-electron chi connectivity index (χ4n) is 1.75. The summed E-state index contributed by atoms with van der Waals surface area (Å²) in [5.74, 6) is 1.29. The summed E-state index contributed by atoms with van der Waals surface area (Å²) in [6.45, 7) is 6.22. The molecule has 0 aliphatic rings. The van der Waals surface area contributed by atoms with E-state index in [-0.39, 0.29) is 0 Å². The van der Waals surface area contributed by atoms with Gasteiger partial charge in [0.25, 0.3) is 0 Å². The van der Waals surface area contributed by atoms with E-state index < -0.39 is 0 Å². The van der Waals surface area contributed by atoms with Crippen molar-refractivity contribution in [3.05, 3.63) is 30.3 Å². The molecule has 1 atom stereocenters. The average Bonchev–Trinajstić information content (AvgIpc) is 2.25. The first-order valence-electron chi connectivity index (χ1n) is 5.71. The highest BCUT2D eigenvalue weighted by molar-refractivity contribution is 5.42. The molecule has 15 heavy (non-hydrogen) atoms. The largest absolute Gasteiger partial charge is 0.385 e. The third-order valence-electron chi connectivity index (χ3n) is 2.51. The van der Waals surface area contributed by atoms with E-state index in [0.29, 0.717) is 5.92 Å². The van der Waals surface area contributed by atoms with Gasteiger partial charge in [-0.3, -0.25) is 0 Å². The summed E-state index contributed by atoms with van der Waals surface area (Å²) in [5, 5.41) is 3.42. The van der Waals surface area contributed by atoms with E-state index in [1.807, 2.05) is 18.2 Å². The van der Waals surface area contributed by atoms with E-state index in [2.05, 4.69) is 31.3 Å². The van der Waals surface area contributed by atoms with Gasteiger partial charge >= 0.3 is 0 Å². The molecule has 0 bridgehead atoms. The fourth-order valence-corrected chi connectivity index (χ4v) is 1.75. The third-order valence-corrected chi connectivity index (χ3v) is 2.51. The van der Waals surface area contributed by atoms with Crippen molar-refractivity contribution in [2.24, 2.45) is 17.6 Å². The first-order chi connectivity index (χ1) is 7.22. The maximum atomic E-state index is 5.75. The van der Waals surface area contributed by atoms with Gasteiger partial charge in [-0.2, -0.15) is 0 Å². The van der Waals surface area contributed by atoms with Crippen molar-refractivity contribution < 1.29 is 0 Å². The zero-order chi connectivity index (χ0) is 11.1. The van der Waals surface area contributed by atoms with Crippen molar-refractivity contribution >= 4 is 5.69 Å². The number of nitrogens with two attached hydrogens (primary N) is 1. The molecular weight excluding hydrogens is 184 g/mol. The molecule has 0 amide bonds. The zero-order valence-corrected chi connectivity index (χ0v) is 9.74. The fraction of sp³-hybridized carbons (Fsp3) is 0.538. The Bertz CT molecular complexity index is 256. The van der Waals surface area contributed by atoms with Crippen LogP contribution >= 0.6 is 0 Å². The van der Waals surface area contributed by atoms with Gasteiger partial charge < -0.3 is 11.1 Å². The van der Waals surface area contributed by atoms with E-state index in [4.69, 9.17) is 5.73 Å². The van der Waals surface area contributed by atoms with Gasteiger partial charge in [0.05, 0.1) is 0 Å². The van der Waals surface area contributed by atoms with Gasteiger partial charge in [0.1, 0.15) is 0 Å². The molecule has 2 nitrogen and oxygen atoms in total. The van der Waals surface area contributed by atoms with Gasteiger partial charge in [-0.25, -0.2) is 0 Å². The molecule has 84 valence electrons. The Labute approximate surface area is 92.9 Å². The quantitative estimate of drug-likeness (QED) is 0.751. The molecule has 0 spiro atoms. The first kappa shape index (κ1) is 12.1. The van der Waals surface area contributed by atoms with Crippen LogP contribution in [0.1, 0.15) is 20.3 Å². The second-order valence-electron chi connectivity index (χ2n) is 4.48. The molecule has 0 aliphatic heterocycles. The van der Waals surface area contributed by atoms with Crippen molar-refractivity contribution in [3.63, 3.8) is 0 Å². The Hall–Kier alpha value is -1.02. The average molecular weight is 206 g/mol. The summed E-state index contributed by atoms with van der Waals surface area (Å²) < 4.78 is 0. The number of rotatable bonds is 6. The highest BCUT2D eigenvalue weighted by atomic mass is 14.9. The summed E-state index contributed by atoms with van der Waals surface area (Å²) in [6.07, 6.45) is 1.19. The molecule has 1 rings (SSSR count). The number of benzene rings is 1. The van der Waals surface area contributed by atoms with Gasteiger partial charge in [0.2, 0.25) is 0 Å². The topological polar surface area (TPSA) is 38.0 Å².